The minimum atomic E-state index is -5.02. The van der Waals surface area contributed by atoms with E-state index < -0.39 is 30.8 Å². The van der Waals surface area contributed by atoms with Crippen LogP contribution in [0.25, 0.3) is 0 Å². The molecule has 96 valence electrons. The van der Waals surface area contributed by atoms with Crippen LogP contribution in [-0.4, -0.2) is 16.5 Å². The minimum absolute atomic E-state index is 0.0883. The van der Waals surface area contributed by atoms with E-state index in [4.69, 9.17) is 5.11 Å². The number of aliphatic hydroxyl groups excluding tert-OH is 1. The minimum Gasteiger partial charge on any atom is -0.390 e. The molecule has 0 amide bonds. The van der Waals surface area contributed by atoms with Crippen LogP contribution >= 0.6 is 22.6 Å². The van der Waals surface area contributed by atoms with Gasteiger partial charge in [-0.15, -0.1) is 13.2 Å². The lowest BCUT2D eigenvalue weighted by atomic mass is 10.2. The van der Waals surface area contributed by atoms with Crippen LogP contribution < -0.4 is 4.74 Å². The Morgan fingerprint density at radius 3 is 2.41 bits per heavy atom. The van der Waals surface area contributed by atoms with Gasteiger partial charge in [0, 0.05) is 15.2 Å². The molecule has 1 rings (SSSR count). The van der Waals surface area contributed by atoms with Gasteiger partial charge in [-0.25, -0.2) is 13.8 Å². The molecule has 9 heteroatoms. The van der Waals surface area contributed by atoms with Crippen LogP contribution in [0.5, 0.6) is 5.88 Å². The maximum atomic E-state index is 12.5. The normalized spacial score (nSPS) is 12.0. The van der Waals surface area contributed by atoms with Crippen molar-refractivity contribution in [1.29, 1.82) is 0 Å². The summed E-state index contributed by atoms with van der Waals surface area (Å²) in [5.74, 6) is -1.02. The quantitative estimate of drug-likeness (QED) is 0.658. The van der Waals surface area contributed by atoms with Crippen molar-refractivity contribution >= 4 is 22.6 Å². The molecule has 0 unspecified atom stereocenters. The van der Waals surface area contributed by atoms with Crippen molar-refractivity contribution in [2.24, 2.45) is 0 Å². The third-order valence-corrected chi connectivity index (χ3v) is 2.88. The van der Waals surface area contributed by atoms with E-state index in [9.17, 15) is 22.0 Å². The molecule has 0 bridgehead atoms. The zero-order valence-electron chi connectivity index (χ0n) is 7.93. The van der Waals surface area contributed by atoms with E-state index >= 15 is 0 Å². The topological polar surface area (TPSA) is 42.4 Å². The fourth-order valence-corrected chi connectivity index (χ4v) is 1.69. The second kappa shape index (κ2) is 5.29. The number of alkyl halides is 5. The van der Waals surface area contributed by atoms with E-state index in [1.165, 1.54) is 22.6 Å². The highest BCUT2D eigenvalue weighted by molar-refractivity contribution is 14.1. The first-order valence-corrected chi connectivity index (χ1v) is 5.16. The van der Waals surface area contributed by atoms with Crippen molar-refractivity contribution in [2.75, 3.05) is 0 Å². The predicted molar refractivity (Wildman–Crippen MR) is 54.5 cm³/mol. The number of nitrogens with zero attached hydrogens (tertiary/aromatic N) is 1. The number of pyridine rings is 1. The highest BCUT2D eigenvalue weighted by Crippen LogP contribution is 2.31. The van der Waals surface area contributed by atoms with Crippen LogP contribution in [0.3, 0.4) is 0 Å². The predicted octanol–water partition coefficient (Wildman–Crippen LogP) is 3.01. The number of ether oxygens (including phenoxy) is 1. The first-order valence-electron chi connectivity index (χ1n) is 4.08. The second-order valence-electron chi connectivity index (χ2n) is 2.82. The summed E-state index contributed by atoms with van der Waals surface area (Å²) in [5, 5.41) is 8.80. The van der Waals surface area contributed by atoms with Crippen LogP contribution in [-0.2, 0) is 6.61 Å². The summed E-state index contributed by atoms with van der Waals surface area (Å²) >= 11 is 1.47. The molecular formula is C8H5F5INO2. The third kappa shape index (κ3) is 3.91. The van der Waals surface area contributed by atoms with Gasteiger partial charge in [-0.1, -0.05) is 0 Å². The molecule has 0 saturated carbocycles. The first kappa shape index (κ1) is 14.4. The van der Waals surface area contributed by atoms with Gasteiger partial charge in [-0.3, -0.25) is 0 Å². The summed E-state index contributed by atoms with van der Waals surface area (Å²) in [5.41, 5.74) is -0.952. The van der Waals surface area contributed by atoms with Gasteiger partial charge in [0.25, 0.3) is 6.43 Å². The number of aromatic nitrogens is 1. The van der Waals surface area contributed by atoms with Crippen molar-refractivity contribution < 1.29 is 31.8 Å². The molecule has 1 heterocycles. The van der Waals surface area contributed by atoms with Gasteiger partial charge in [0.15, 0.2) is 0 Å². The van der Waals surface area contributed by atoms with Crippen LogP contribution in [0.4, 0.5) is 22.0 Å². The maximum Gasteiger partial charge on any atom is 0.574 e. The van der Waals surface area contributed by atoms with Gasteiger partial charge in [0.05, 0.1) is 12.3 Å². The highest BCUT2D eigenvalue weighted by atomic mass is 127. The summed E-state index contributed by atoms with van der Waals surface area (Å²) in [6, 6.07) is 0.499. The summed E-state index contributed by atoms with van der Waals surface area (Å²) in [6.07, 6.45) is -8.00. The average Bonchev–Trinajstić information content (AvgIpc) is 2.17. The van der Waals surface area contributed by atoms with Gasteiger partial charge < -0.3 is 9.84 Å². The van der Waals surface area contributed by atoms with Crippen molar-refractivity contribution in [3.8, 4) is 5.88 Å². The summed E-state index contributed by atoms with van der Waals surface area (Å²) in [7, 11) is 0. The molecule has 0 radical (unpaired) electrons. The molecule has 0 saturated heterocycles. The Balaban J connectivity index is 3.21. The largest absolute Gasteiger partial charge is 0.574 e. The van der Waals surface area contributed by atoms with Crippen LogP contribution in [0.15, 0.2) is 6.07 Å². The number of rotatable bonds is 3. The van der Waals surface area contributed by atoms with Gasteiger partial charge >= 0.3 is 6.36 Å². The zero-order chi connectivity index (χ0) is 13.2. The van der Waals surface area contributed by atoms with Gasteiger partial charge in [-0.05, 0) is 22.6 Å². The van der Waals surface area contributed by atoms with Crippen molar-refractivity contribution in [3.05, 3.63) is 20.9 Å². The van der Waals surface area contributed by atoms with E-state index in [-0.39, 0.29) is 9.26 Å². The van der Waals surface area contributed by atoms with E-state index in [0.717, 1.165) is 0 Å². The first-order chi connectivity index (χ1) is 7.74. The van der Waals surface area contributed by atoms with Crippen LogP contribution in [0.2, 0.25) is 0 Å². The standard InChI is InChI=1S/C8H5F5INO2/c9-7(10)3-1-5(17-8(11,12)13)15-4(2-16)6(3)14/h1,7,16H,2H2. The van der Waals surface area contributed by atoms with Crippen molar-refractivity contribution in [2.45, 2.75) is 19.4 Å². The summed E-state index contributed by atoms with van der Waals surface area (Å²) in [4.78, 5) is 3.29. The highest BCUT2D eigenvalue weighted by Gasteiger charge is 2.32. The molecule has 0 fully saturated rings. The monoisotopic (exact) mass is 369 g/mol. The molecule has 1 N–H and O–H groups in total. The Morgan fingerprint density at radius 1 is 1.41 bits per heavy atom. The molecule has 0 atom stereocenters. The van der Waals surface area contributed by atoms with Crippen molar-refractivity contribution in [1.82, 2.24) is 4.98 Å². The fourth-order valence-electron chi connectivity index (χ4n) is 1.01. The average molecular weight is 369 g/mol. The lowest BCUT2D eigenvalue weighted by Gasteiger charge is -2.12. The summed E-state index contributed by atoms with van der Waals surface area (Å²) in [6.45, 7) is -0.757. The smallest absolute Gasteiger partial charge is 0.390 e. The Hall–Kier alpha value is -0.710. The number of hydrogen-bond acceptors (Lipinski definition) is 3. The lowest BCUT2D eigenvalue weighted by Crippen LogP contribution is -2.19. The van der Waals surface area contributed by atoms with E-state index in [2.05, 4.69) is 9.72 Å². The molecule has 17 heavy (non-hydrogen) atoms. The fraction of sp³-hybridized carbons (Fsp3) is 0.375. The maximum absolute atomic E-state index is 12.5. The second-order valence-corrected chi connectivity index (χ2v) is 3.90. The molecule has 1 aromatic heterocycles. The SMILES string of the molecule is OCc1nc(OC(F)(F)F)cc(C(F)F)c1I. The molecule has 0 aliphatic heterocycles. The number of halogens is 6. The molecule has 0 aliphatic rings. The van der Waals surface area contributed by atoms with Gasteiger partial charge in [-0.2, -0.15) is 0 Å². The van der Waals surface area contributed by atoms with E-state index in [1.54, 1.807) is 0 Å². The lowest BCUT2D eigenvalue weighted by molar-refractivity contribution is -0.276. The molecule has 0 aromatic carbocycles. The van der Waals surface area contributed by atoms with Crippen LogP contribution in [0.1, 0.15) is 17.7 Å². The third-order valence-electron chi connectivity index (χ3n) is 1.64. The number of hydrogen-bond donors (Lipinski definition) is 1. The molecular weight excluding hydrogens is 364 g/mol. The van der Waals surface area contributed by atoms with Gasteiger partial charge in [0.1, 0.15) is 0 Å². The summed E-state index contributed by atoms with van der Waals surface area (Å²) < 4.78 is 64.0. The van der Waals surface area contributed by atoms with E-state index in [1.807, 2.05) is 0 Å². The van der Waals surface area contributed by atoms with Crippen LogP contribution in [0, 0.1) is 3.57 Å². The molecule has 0 spiro atoms. The Labute approximate surface area is 106 Å². The Morgan fingerprint density at radius 2 is 2.00 bits per heavy atom. The zero-order valence-corrected chi connectivity index (χ0v) is 10.1. The number of aliphatic hydroxyl groups is 1. The molecule has 0 aliphatic carbocycles. The van der Waals surface area contributed by atoms with Crippen molar-refractivity contribution in [3.63, 3.8) is 0 Å². The van der Waals surface area contributed by atoms with Gasteiger partial charge in [0.2, 0.25) is 5.88 Å². The van der Waals surface area contributed by atoms with E-state index in [0.29, 0.717) is 6.07 Å². The molecule has 1 aromatic rings. The Kier molecular flexibility index (Phi) is 4.47. The molecule has 3 nitrogen and oxygen atoms in total. The Bertz CT molecular complexity index is 410.